The molecule has 0 aliphatic heterocycles. The third kappa shape index (κ3) is 11.6. The van der Waals surface area contributed by atoms with E-state index in [1.54, 1.807) is 0 Å². The fourth-order valence-corrected chi connectivity index (χ4v) is 1.08. The molecule has 0 atom stereocenters. The SMILES string of the molecule is O=C([O-])CC(CC(=O)[O-])(OCCO)C(=O)[O-].[Na+].[Na+].[Na+]. The number of carboxylic acids is 3. The van der Waals surface area contributed by atoms with Crippen LogP contribution in [0.3, 0.4) is 0 Å². The number of carboxylic acid groups (broad SMARTS) is 3. The molecular formula is C8H9Na3O8. The van der Waals surface area contributed by atoms with Gasteiger partial charge in [0.2, 0.25) is 0 Å². The average Bonchev–Trinajstić information content (AvgIpc) is 2.11. The second-order valence-corrected chi connectivity index (χ2v) is 2.95. The molecule has 0 bridgehead atoms. The van der Waals surface area contributed by atoms with Crippen LogP contribution in [0.4, 0.5) is 0 Å². The van der Waals surface area contributed by atoms with Gasteiger partial charge in [-0.3, -0.25) is 0 Å². The molecule has 0 heterocycles. The first-order valence-corrected chi connectivity index (χ1v) is 4.20. The maximum atomic E-state index is 10.7. The van der Waals surface area contributed by atoms with E-state index < -0.39 is 49.6 Å². The van der Waals surface area contributed by atoms with Gasteiger partial charge in [0.05, 0.1) is 19.2 Å². The Morgan fingerprint density at radius 2 is 1.32 bits per heavy atom. The number of carbonyl (C=O) groups excluding carboxylic acids is 3. The Kier molecular flexibility index (Phi) is 21.4. The maximum absolute atomic E-state index is 10.7. The van der Waals surface area contributed by atoms with Gasteiger partial charge in [0.15, 0.2) is 0 Å². The summed E-state index contributed by atoms with van der Waals surface area (Å²) in [6.45, 7) is -1.15. The van der Waals surface area contributed by atoms with E-state index in [-0.39, 0.29) is 88.7 Å². The van der Waals surface area contributed by atoms with Crippen LogP contribution in [-0.2, 0) is 19.1 Å². The zero-order valence-electron chi connectivity index (χ0n) is 11.1. The fourth-order valence-electron chi connectivity index (χ4n) is 1.08. The van der Waals surface area contributed by atoms with Crippen LogP contribution < -0.4 is 104 Å². The van der Waals surface area contributed by atoms with Gasteiger partial charge in [-0.05, 0) is 0 Å². The van der Waals surface area contributed by atoms with Gasteiger partial charge in [-0.2, -0.15) is 0 Å². The van der Waals surface area contributed by atoms with Gasteiger partial charge >= 0.3 is 88.7 Å². The smallest absolute Gasteiger partial charge is 0.550 e. The summed E-state index contributed by atoms with van der Waals surface area (Å²) in [4.78, 5) is 31.3. The number of aliphatic hydroxyl groups excluding tert-OH is 1. The molecule has 0 rings (SSSR count). The third-order valence-electron chi connectivity index (χ3n) is 1.70. The second-order valence-electron chi connectivity index (χ2n) is 2.95. The van der Waals surface area contributed by atoms with Gasteiger partial charge in [-0.15, -0.1) is 0 Å². The summed E-state index contributed by atoms with van der Waals surface area (Å²) < 4.78 is 4.51. The van der Waals surface area contributed by atoms with E-state index in [0.717, 1.165) is 0 Å². The maximum Gasteiger partial charge on any atom is 1.00 e. The van der Waals surface area contributed by atoms with Gasteiger partial charge in [-0.1, -0.05) is 0 Å². The second kappa shape index (κ2) is 14.3. The van der Waals surface area contributed by atoms with Crippen molar-refractivity contribution in [2.24, 2.45) is 0 Å². The molecule has 8 nitrogen and oxygen atoms in total. The number of aliphatic carboxylic acids is 3. The van der Waals surface area contributed by atoms with E-state index in [0.29, 0.717) is 0 Å². The van der Waals surface area contributed by atoms with Crippen LogP contribution in [0.2, 0.25) is 0 Å². The predicted molar refractivity (Wildman–Crippen MR) is 40.0 cm³/mol. The van der Waals surface area contributed by atoms with Crippen molar-refractivity contribution in [2.45, 2.75) is 18.4 Å². The van der Waals surface area contributed by atoms with Crippen molar-refractivity contribution in [2.75, 3.05) is 13.2 Å². The van der Waals surface area contributed by atoms with Gasteiger partial charge in [-0.25, -0.2) is 0 Å². The minimum Gasteiger partial charge on any atom is -0.550 e. The Morgan fingerprint density at radius 3 is 1.53 bits per heavy atom. The molecule has 0 aliphatic carbocycles. The van der Waals surface area contributed by atoms with Gasteiger partial charge in [0.1, 0.15) is 5.60 Å². The fraction of sp³-hybridized carbons (Fsp3) is 0.625. The van der Waals surface area contributed by atoms with E-state index >= 15 is 0 Å². The van der Waals surface area contributed by atoms with Gasteiger partial charge < -0.3 is 39.5 Å². The molecule has 0 aromatic heterocycles. The largest absolute Gasteiger partial charge is 1.00 e. The summed E-state index contributed by atoms with van der Waals surface area (Å²) >= 11 is 0. The van der Waals surface area contributed by atoms with Crippen LogP contribution in [0.25, 0.3) is 0 Å². The van der Waals surface area contributed by atoms with Crippen molar-refractivity contribution >= 4 is 17.9 Å². The van der Waals surface area contributed by atoms with Gasteiger partial charge in [0, 0.05) is 24.8 Å². The van der Waals surface area contributed by atoms with Crippen LogP contribution >= 0.6 is 0 Å². The molecule has 92 valence electrons. The van der Waals surface area contributed by atoms with E-state index in [1.807, 2.05) is 0 Å². The summed E-state index contributed by atoms with van der Waals surface area (Å²) in [6, 6.07) is 0. The Bertz CT molecular complexity index is 280. The first-order valence-electron chi connectivity index (χ1n) is 4.20. The molecule has 0 spiro atoms. The first kappa shape index (κ1) is 28.5. The molecule has 0 saturated carbocycles. The van der Waals surface area contributed by atoms with Crippen LogP contribution in [0.5, 0.6) is 0 Å². The average molecular weight is 302 g/mol. The molecule has 19 heavy (non-hydrogen) atoms. The predicted octanol–water partition coefficient (Wildman–Crippen LogP) is -14.2. The molecule has 0 aromatic carbocycles. The normalized spacial score (nSPS) is 9.32. The number of aliphatic hydroxyl groups is 1. The van der Waals surface area contributed by atoms with Crippen molar-refractivity contribution in [3.8, 4) is 0 Å². The Morgan fingerprint density at radius 1 is 0.947 bits per heavy atom. The third-order valence-corrected chi connectivity index (χ3v) is 1.70. The van der Waals surface area contributed by atoms with Crippen LogP contribution in [0.15, 0.2) is 0 Å². The molecule has 0 radical (unpaired) electrons. The zero-order chi connectivity index (χ0) is 12.8. The van der Waals surface area contributed by atoms with Crippen LogP contribution in [0, 0.1) is 0 Å². The molecule has 0 saturated heterocycles. The van der Waals surface area contributed by atoms with E-state index in [4.69, 9.17) is 5.11 Å². The number of ether oxygens (including phenoxy) is 1. The van der Waals surface area contributed by atoms with Crippen LogP contribution in [-0.4, -0.2) is 41.8 Å². The van der Waals surface area contributed by atoms with Crippen molar-refractivity contribution in [1.29, 1.82) is 0 Å². The van der Waals surface area contributed by atoms with Crippen molar-refractivity contribution in [3.63, 3.8) is 0 Å². The molecular weight excluding hydrogens is 293 g/mol. The number of rotatable bonds is 8. The monoisotopic (exact) mass is 302 g/mol. The summed E-state index contributed by atoms with van der Waals surface area (Å²) in [5, 5.41) is 39.7. The van der Waals surface area contributed by atoms with Gasteiger partial charge in [0.25, 0.3) is 0 Å². The van der Waals surface area contributed by atoms with E-state index in [1.165, 1.54) is 0 Å². The van der Waals surface area contributed by atoms with Crippen molar-refractivity contribution in [3.05, 3.63) is 0 Å². The molecule has 0 aliphatic rings. The minimum absolute atomic E-state index is 0. The molecule has 0 aromatic rings. The number of hydrogen-bond donors (Lipinski definition) is 1. The molecule has 0 amide bonds. The Hall–Kier alpha value is 1.33. The number of carbonyl (C=O) groups is 3. The van der Waals surface area contributed by atoms with Crippen LogP contribution in [0.1, 0.15) is 12.8 Å². The molecule has 0 unspecified atom stereocenters. The summed E-state index contributed by atoms with van der Waals surface area (Å²) in [5.74, 6) is -5.65. The summed E-state index contributed by atoms with van der Waals surface area (Å²) in [6.07, 6.45) is -2.41. The Labute approximate surface area is 175 Å². The van der Waals surface area contributed by atoms with Crippen molar-refractivity contribution < 1.29 is 128 Å². The first-order chi connectivity index (χ1) is 7.34. The molecule has 1 N–H and O–H groups in total. The standard InChI is InChI=1S/C8H12O8.3Na/c9-1-2-16-8(7(14)15,3-5(10)11)4-6(12)13;;;/h9H,1-4H2,(H,10,11)(H,12,13)(H,14,15);;;/q;3*+1/p-3. The number of hydrogen-bond acceptors (Lipinski definition) is 8. The minimum atomic E-state index is -2.58. The molecule has 11 heteroatoms. The topological polar surface area (TPSA) is 150 Å². The molecule has 0 fully saturated rings. The quantitative estimate of drug-likeness (QED) is 0.434. The van der Waals surface area contributed by atoms with E-state index in [9.17, 15) is 29.7 Å². The van der Waals surface area contributed by atoms with E-state index in [2.05, 4.69) is 4.74 Å². The Balaban J connectivity index is -0.000000375. The summed E-state index contributed by atoms with van der Waals surface area (Å²) in [5.41, 5.74) is -2.58. The van der Waals surface area contributed by atoms with Crippen molar-refractivity contribution in [1.82, 2.24) is 0 Å². The zero-order valence-corrected chi connectivity index (χ0v) is 17.1. The summed E-state index contributed by atoms with van der Waals surface area (Å²) in [7, 11) is 0.